The molecule has 2 atom stereocenters. The standard InChI is InChI=1S/C12H24N2OS/c1-5-7-8-9(3)14-11(15)12(4,6-2)10(13)16/h9H,5-8H2,1-4H3,(H2,13,16)(H,14,15). The van der Waals surface area contributed by atoms with E-state index >= 15 is 0 Å². The molecule has 0 aromatic heterocycles. The van der Waals surface area contributed by atoms with Gasteiger partial charge in [-0.25, -0.2) is 0 Å². The van der Waals surface area contributed by atoms with Crippen molar-refractivity contribution in [3.63, 3.8) is 0 Å². The van der Waals surface area contributed by atoms with Crippen molar-refractivity contribution >= 4 is 23.1 Å². The molecular formula is C12H24N2OS. The van der Waals surface area contributed by atoms with Gasteiger partial charge in [-0.1, -0.05) is 38.9 Å². The molecule has 0 saturated heterocycles. The van der Waals surface area contributed by atoms with Gasteiger partial charge in [0.05, 0.1) is 10.4 Å². The first kappa shape index (κ1) is 15.4. The van der Waals surface area contributed by atoms with Crippen molar-refractivity contribution in [2.45, 2.75) is 59.4 Å². The minimum absolute atomic E-state index is 0.0499. The van der Waals surface area contributed by atoms with Gasteiger partial charge < -0.3 is 11.1 Å². The van der Waals surface area contributed by atoms with Gasteiger partial charge in [0, 0.05) is 6.04 Å². The van der Waals surface area contributed by atoms with Crippen LogP contribution in [-0.2, 0) is 4.79 Å². The Balaban J connectivity index is 4.38. The molecule has 0 rings (SSSR count). The fraction of sp³-hybridized carbons (Fsp3) is 0.833. The lowest BCUT2D eigenvalue weighted by atomic mass is 9.86. The molecule has 0 aliphatic rings. The van der Waals surface area contributed by atoms with Crippen molar-refractivity contribution in [2.24, 2.45) is 11.1 Å². The average molecular weight is 244 g/mol. The lowest BCUT2D eigenvalue weighted by Crippen LogP contribution is -2.49. The van der Waals surface area contributed by atoms with Crippen LogP contribution in [0.25, 0.3) is 0 Å². The predicted octanol–water partition coefficient (Wildman–Crippen LogP) is 2.38. The van der Waals surface area contributed by atoms with Crippen LogP contribution in [0.15, 0.2) is 0 Å². The summed E-state index contributed by atoms with van der Waals surface area (Å²) in [6, 6.07) is 0.188. The normalized spacial score (nSPS) is 16.2. The largest absolute Gasteiger partial charge is 0.392 e. The van der Waals surface area contributed by atoms with Crippen LogP contribution in [-0.4, -0.2) is 16.9 Å². The molecule has 4 heteroatoms. The van der Waals surface area contributed by atoms with Crippen molar-refractivity contribution in [2.75, 3.05) is 0 Å². The number of hydrogen-bond donors (Lipinski definition) is 2. The van der Waals surface area contributed by atoms with Gasteiger partial charge in [-0.2, -0.15) is 0 Å². The number of nitrogens with two attached hydrogens (primary N) is 1. The van der Waals surface area contributed by atoms with Gasteiger partial charge in [-0.05, 0) is 26.7 Å². The second-order valence-corrected chi connectivity index (χ2v) is 5.01. The zero-order chi connectivity index (χ0) is 12.8. The summed E-state index contributed by atoms with van der Waals surface area (Å²) >= 11 is 4.96. The van der Waals surface area contributed by atoms with Crippen LogP contribution in [0.1, 0.15) is 53.4 Å². The number of amides is 1. The molecule has 1 amide bonds. The van der Waals surface area contributed by atoms with Crippen LogP contribution < -0.4 is 11.1 Å². The molecule has 0 saturated carbocycles. The first-order chi connectivity index (χ1) is 7.38. The van der Waals surface area contributed by atoms with Crippen LogP contribution in [0.5, 0.6) is 0 Å². The van der Waals surface area contributed by atoms with Crippen molar-refractivity contribution in [1.29, 1.82) is 0 Å². The minimum atomic E-state index is -0.712. The molecule has 0 aromatic rings. The van der Waals surface area contributed by atoms with Crippen molar-refractivity contribution < 1.29 is 4.79 Å². The first-order valence-corrected chi connectivity index (χ1v) is 6.40. The average Bonchev–Trinajstić information content (AvgIpc) is 2.24. The Morgan fingerprint density at radius 1 is 1.50 bits per heavy atom. The fourth-order valence-corrected chi connectivity index (χ4v) is 1.65. The van der Waals surface area contributed by atoms with Crippen LogP contribution >= 0.6 is 12.2 Å². The number of unbranched alkanes of at least 4 members (excludes halogenated alkanes) is 1. The van der Waals surface area contributed by atoms with Gasteiger partial charge >= 0.3 is 0 Å². The zero-order valence-corrected chi connectivity index (χ0v) is 11.6. The number of hydrogen-bond acceptors (Lipinski definition) is 2. The maximum Gasteiger partial charge on any atom is 0.232 e. The highest BCUT2D eigenvalue weighted by atomic mass is 32.1. The highest BCUT2D eigenvalue weighted by Crippen LogP contribution is 2.22. The first-order valence-electron chi connectivity index (χ1n) is 5.99. The molecule has 3 nitrogen and oxygen atoms in total. The van der Waals surface area contributed by atoms with Crippen molar-refractivity contribution in [1.82, 2.24) is 5.32 Å². The molecule has 94 valence electrons. The lowest BCUT2D eigenvalue weighted by Gasteiger charge is -2.27. The minimum Gasteiger partial charge on any atom is -0.392 e. The molecule has 0 bridgehead atoms. The Kier molecular flexibility index (Phi) is 6.56. The Labute approximate surface area is 104 Å². The number of rotatable bonds is 7. The number of carbonyl (C=O) groups is 1. The summed E-state index contributed by atoms with van der Waals surface area (Å²) < 4.78 is 0. The summed E-state index contributed by atoms with van der Waals surface area (Å²) in [4.78, 5) is 12.3. The summed E-state index contributed by atoms with van der Waals surface area (Å²) in [5, 5.41) is 2.98. The third kappa shape index (κ3) is 4.08. The topological polar surface area (TPSA) is 55.1 Å². The Hall–Kier alpha value is -0.640. The lowest BCUT2D eigenvalue weighted by molar-refractivity contribution is -0.127. The molecule has 0 aliphatic heterocycles. The summed E-state index contributed by atoms with van der Waals surface area (Å²) in [7, 11) is 0. The number of nitrogens with one attached hydrogen (secondary N) is 1. The van der Waals surface area contributed by atoms with E-state index in [2.05, 4.69) is 12.2 Å². The van der Waals surface area contributed by atoms with E-state index in [0.717, 1.165) is 19.3 Å². The SMILES string of the molecule is CCCCC(C)NC(=O)C(C)(CC)C(N)=S. The smallest absolute Gasteiger partial charge is 0.232 e. The molecule has 0 aliphatic carbocycles. The maximum absolute atomic E-state index is 12.0. The quantitative estimate of drug-likeness (QED) is 0.676. The summed E-state index contributed by atoms with van der Waals surface area (Å²) in [6.45, 7) is 7.88. The molecule has 0 fully saturated rings. The van der Waals surface area contributed by atoms with Gasteiger partial charge in [-0.15, -0.1) is 0 Å². The van der Waals surface area contributed by atoms with Crippen LogP contribution in [0.4, 0.5) is 0 Å². The van der Waals surface area contributed by atoms with E-state index in [0.29, 0.717) is 6.42 Å². The molecule has 0 aromatic carbocycles. The van der Waals surface area contributed by atoms with Gasteiger partial charge in [0.15, 0.2) is 0 Å². The van der Waals surface area contributed by atoms with E-state index in [1.165, 1.54) is 0 Å². The summed E-state index contributed by atoms with van der Waals surface area (Å²) in [5.74, 6) is -0.0499. The van der Waals surface area contributed by atoms with E-state index in [1.807, 2.05) is 13.8 Å². The second kappa shape index (κ2) is 6.84. The Bertz CT molecular complexity index is 255. The fourth-order valence-electron chi connectivity index (χ4n) is 1.41. The van der Waals surface area contributed by atoms with E-state index in [-0.39, 0.29) is 16.9 Å². The molecule has 16 heavy (non-hydrogen) atoms. The summed E-state index contributed by atoms with van der Waals surface area (Å²) in [6.07, 6.45) is 3.89. The predicted molar refractivity (Wildman–Crippen MR) is 72.3 cm³/mol. The zero-order valence-electron chi connectivity index (χ0n) is 10.8. The van der Waals surface area contributed by atoms with Crippen LogP contribution in [0, 0.1) is 5.41 Å². The van der Waals surface area contributed by atoms with E-state index in [9.17, 15) is 4.79 Å². The molecule has 0 spiro atoms. The number of thiocarbonyl (C=S) groups is 1. The maximum atomic E-state index is 12.0. The molecule has 3 N–H and O–H groups in total. The molecular weight excluding hydrogens is 220 g/mol. The highest BCUT2D eigenvalue weighted by Gasteiger charge is 2.34. The summed E-state index contributed by atoms with van der Waals surface area (Å²) in [5.41, 5.74) is 4.92. The van der Waals surface area contributed by atoms with Crippen molar-refractivity contribution in [3.05, 3.63) is 0 Å². The Morgan fingerprint density at radius 3 is 2.44 bits per heavy atom. The van der Waals surface area contributed by atoms with Gasteiger partial charge in [-0.3, -0.25) is 4.79 Å². The highest BCUT2D eigenvalue weighted by molar-refractivity contribution is 7.80. The van der Waals surface area contributed by atoms with Gasteiger partial charge in [0.25, 0.3) is 0 Å². The molecule has 2 unspecified atom stereocenters. The second-order valence-electron chi connectivity index (χ2n) is 4.57. The van der Waals surface area contributed by atoms with E-state index < -0.39 is 5.41 Å². The third-order valence-corrected chi connectivity index (χ3v) is 3.57. The van der Waals surface area contributed by atoms with E-state index in [1.54, 1.807) is 6.92 Å². The number of carbonyl (C=O) groups excluding carboxylic acids is 1. The van der Waals surface area contributed by atoms with Gasteiger partial charge in [0.1, 0.15) is 0 Å². The third-order valence-electron chi connectivity index (χ3n) is 3.12. The van der Waals surface area contributed by atoms with E-state index in [4.69, 9.17) is 18.0 Å². The molecule has 0 radical (unpaired) electrons. The van der Waals surface area contributed by atoms with Crippen LogP contribution in [0.2, 0.25) is 0 Å². The van der Waals surface area contributed by atoms with Gasteiger partial charge in [0.2, 0.25) is 5.91 Å². The van der Waals surface area contributed by atoms with Crippen molar-refractivity contribution in [3.8, 4) is 0 Å². The van der Waals surface area contributed by atoms with Crippen LogP contribution in [0.3, 0.4) is 0 Å². The Morgan fingerprint density at radius 2 is 2.06 bits per heavy atom. The molecule has 0 heterocycles. The monoisotopic (exact) mass is 244 g/mol.